The summed E-state index contributed by atoms with van der Waals surface area (Å²) in [6, 6.07) is 0. The van der Waals surface area contributed by atoms with Gasteiger partial charge in [-0.3, -0.25) is 19.1 Å². The Morgan fingerprint density at radius 3 is 1.02 bits per heavy atom. The van der Waals surface area contributed by atoms with E-state index < -0.39 is 23.0 Å². The van der Waals surface area contributed by atoms with Crippen molar-refractivity contribution in [3.8, 4) is 0 Å². The molecular weight excluding hydrogens is 767 g/mol. The Bertz CT molecular complexity index is 1150. The maximum Gasteiger partial charge on any atom is 0.328 e. The van der Waals surface area contributed by atoms with Crippen molar-refractivity contribution in [2.75, 3.05) is 192 Å². The van der Waals surface area contributed by atoms with E-state index in [0.29, 0.717) is 172 Å². The van der Waals surface area contributed by atoms with Crippen molar-refractivity contribution in [1.82, 2.24) is 9.55 Å². The van der Waals surface area contributed by atoms with E-state index in [1.807, 2.05) is 4.98 Å². The van der Waals surface area contributed by atoms with Gasteiger partial charge in [0.15, 0.2) is 0 Å². The van der Waals surface area contributed by atoms with Crippen molar-refractivity contribution < 1.29 is 80.2 Å². The highest BCUT2D eigenvalue weighted by Gasteiger charge is 2.08. The third-order valence-corrected chi connectivity index (χ3v) is 6.91. The lowest BCUT2D eigenvalue weighted by Crippen LogP contribution is -2.32. The topological polar surface area (TPSA) is 210 Å². The molecule has 0 aliphatic rings. The molecule has 0 spiro atoms. The number of carbonyl (C=O) groups excluding carboxylic acids is 1. The lowest BCUT2D eigenvalue weighted by molar-refractivity contribution is -0.145. The fraction of sp³-hybridized carbons (Fsp3) is 0.861. The van der Waals surface area contributed by atoms with E-state index in [-0.39, 0.29) is 26.2 Å². The standard InChI is InChI=1S/C36H65FN2O18/c1-43-4-5-44-6-7-45-8-9-46-10-11-47-12-13-48-14-15-49-16-17-50-18-19-51-20-21-52-22-23-53-24-25-54-26-27-55-28-29-56-30-31-57-34(40)2-3-39-32-33(37)35(41)38-36(39)42/h32H,2-31H2,1H3,(H,38,41,42). The molecule has 0 radical (unpaired) electrons. The monoisotopic (exact) mass is 832 g/mol. The molecule has 0 fully saturated rings. The van der Waals surface area contributed by atoms with Crippen LogP contribution >= 0.6 is 0 Å². The number of H-pyrrole nitrogens is 1. The second-order valence-corrected chi connectivity index (χ2v) is 11.4. The molecule has 0 bridgehead atoms. The number of ether oxygens (including phenoxy) is 15. The lowest BCUT2D eigenvalue weighted by Gasteiger charge is -2.09. The van der Waals surface area contributed by atoms with Crippen LogP contribution in [0.4, 0.5) is 4.39 Å². The normalized spacial score (nSPS) is 11.5. The first-order chi connectivity index (χ1) is 28.0. The highest BCUT2D eigenvalue weighted by molar-refractivity contribution is 5.69. The van der Waals surface area contributed by atoms with Gasteiger partial charge in [-0.2, -0.15) is 4.39 Å². The summed E-state index contributed by atoms with van der Waals surface area (Å²) in [6.07, 6.45) is 0.581. The minimum absolute atomic E-state index is 0.0183. The van der Waals surface area contributed by atoms with Crippen LogP contribution < -0.4 is 11.2 Å². The van der Waals surface area contributed by atoms with E-state index in [1.165, 1.54) is 0 Å². The van der Waals surface area contributed by atoms with Crippen LogP contribution in [-0.4, -0.2) is 208 Å². The summed E-state index contributed by atoms with van der Waals surface area (Å²) in [7, 11) is 1.64. The second kappa shape index (κ2) is 41.7. The Kier molecular flexibility index (Phi) is 38.4. The first-order valence-corrected chi connectivity index (χ1v) is 19.2. The summed E-state index contributed by atoms with van der Waals surface area (Å²) < 4.78 is 94.6. The number of nitrogens with zero attached hydrogens (tertiary/aromatic N) is 1. The fourth-order valence-corrected chi connectivity index (χ4v) is 4.03. The second-order valence-electron chi connectivity index (χ2n) is 11.4. The minimum Gasteiger partial charge on any atom is -0.463 e. The third-order valence-electron chi connectivity index (χ3n) is 6.91. The Labute approximate surface area is 333 Å². The van der Waals surface area contributed by atoms with Crippen LogP contribution in [0.25, 0.3) is 0 Å². The summed E-state index contributed by atoms with van der Waals surface area (Å²) in [6.45, 7) is 12.3. The smallest absolute Gasteiger partial charge is 0.328 e. The molecule has 21 heteroatoms. The highest BCUT2D eigenvalue weighted by Crippen LogP contribution is 1.93. The van der Waals surface area contributed by atoms with Crippen molar-refractivity contribution in [3.63, 3.8) is 0 Å². The number of rotatable bonds is 45. The largest absolute Gasteiger partial charge is 0.463 e. The molecule has 0 aliphatic heterocycles. The van der Waals surface area contributed by atoms with Crippen LogP contribution in [0.3, 0.4) is 0 Å². The quantitative estimate of drug-likeness (QED) is 0.0647. The molecule has 1 aromatic rings. The number of hydrogen-bond donors (Lipinski definition) is 1. The number of aryl methyl sites for hydroxylation is 1. The molecule has 0 amide bonds. The van der Waals surface area contributed by atoms with Crippen LogP contribution in [-0.2, 0) is 82.4 Å². The van der Waals surface area contributed by atoms with Gasteiger partial charge < -0.3 is 71.1 Å². The average Bonchev–Trinajstić information content (AvgIpc) is 3.20. The van der Waals surface area contributed by atoms with Crippen molar-refractivity contribution >= 4 is 5.97 Å². The zero-order valence-electron chi connectivity index (χ0n) is 33.5. The van der Waals surface area contributed by atoms with Crippen molar-refractivity contribution in [2.45, 2.75) is 13.0 Å². The zero-order valence-corrected chi connectivity index (χ0v) is 33.5. The summed E-state index contributed by atoms with van der Waals surface area (Å²) in [5, 5.41) is 0. The van der Waals surface area contributed by atoms with Crippen molar-refractivity contribution in [2.24, 2.45) is 0 Å². The molecule has 0 aromatic carbocycles. The molecule has 334 valence electrons. The van der Waals surface area contributed by atoms with E-state index in [1.54, 1.807) is 7.11 Å². The third kappa shape index (κ3) is 36.3. The van der Waals surface area contributed by atoms with Gasteiger partial charge in [-0.25, -0.2) is 4.79 Å². The molecule has 0 unspecified atom stereocenters. The first-order valence-electron chi connectivity index (χ1n) is 19.2. The molecule has 0 atom stereocenters. The number of nitrogens with one attached hydrogen (secondary N) is 1. The Hall–Kier alpha value is -2.48. The molecular formula is C36H65FN2O18. The van der Waals surface area contributed by atoms with Gasteiger partial charge in [-0.15, -0.1) is 0 Å². The fourth-order valence-electron chi connectivity index (χ4n) is 4.03. The number of methoxy groups -OCH3 is 1. The van der Waals surface area contributed by atoms with Gasteiger partial charge in [0.25, 0.3) is 5.56 Å². The Morgan fingerprint density at radius 2 is 0.737 bits per heavy atom. The number of hydrogen-bond acceptors (Lipinski definition) is 18. The lowest BCUT2D eigenvalue weighted by atomic mass is 10.4. The number of aromatic amines is 1. The molecule has 0 saturated heterocycles. The molecule has 1 N–H and O–H groups in total. The maximum atomic E-state index is 13.3. The first kappa shape index (κ1) is 52.5. The predicted molar refractivity (Wildman–Crippen MR) is 199 cm³/mol. The molecule has 1 heterocycles. The van der Waals surface area contributed by atoms with Gasteiger partial charge in [0, 0.05) is 13.7 Å². The molecule has 0 saturated carbocycles. The molecule has 57 heavy (non-hydrogen) atoms. The molecule has 1 rings (SSSR count). The Balaban J connectivity index is 1.66. The molecule has 1 aromatic heterocycles. The van der Waals surface area contributed by atoms with Gasteiger partial charge in [-0.1, -0.05) is 0 Å². The van der Waals surface area contributed by atoms with Crippen molar-refractivity contribution in [1.29, 1.82) is 0 Å². The molecule has 20 nitrogen and oxygen atoms in total. The van der Waals surface area contributed by atoms with Crippen LogP contribution in [0.2, 0.25) is 0 Å². The SMILES string of the molecule is COCCOCCOCCOCCOCCOCCOCCOCCOCCOCCOCCOCCOCCOCCOC(=O)CCn1cc(F)c(=O)[nH]c1=O. The van der Waals surface area contributed by atoms with E-state index in [4.69, 9.17) is 71.1 Å². The van der Waals surface area contributed by atoms with Gasteiger partial charge in [0.2, 0.25) is 5.82 Å². The highest BCUT2D eigenvalue weighted by atomic mass is 19.1. The van der Waals surface area contributed by atoms with E-state index in [9.17, 15) is 18.8 Å². The van der Waals surface area contributed by atoms with Gasteiger partial charge in [0.1, 0.15) is 6.61 Å². The number of carbonyl (C=O) groups is 1. The minimum atomic E-state index is -1.11. The average molecular weight is 833 g/mol. The van der Waals surface area contributed by atoms with Crippen LogP contribution in [0.1, 0.15) is 6.42 Å². The number of halogens is 1. The predicted octanol–water partition coefficient (Wildman–Crippen LogP) is -0.529. The molecule has 0 aliphatic carbocycles. The Morgan fingerprint density at radius 1 is 0.474 bits per heavy atom. The van der Waals surface area contributed by atoms with Crippen LogP contribution in [0, 0.1) is 5.82 Å². The van der Waals surface area contributed by atoms with Crippen LogP contribution in [0.5, 0.6) is 0 Å². The van der Waals surface area contributed by atoms with Gasteiger partial charge >= 0.3 is 11.7 Å². The van der Waals surface area contributed by atoms with E-state index in [0.717, 1.165) is 10.8 Å². The van der Waals surface area contributed by atoms with E-state index in [2.05, 4.69) is 0 Å². The zero-order chi connectivity index (χ0) is 41.1. The summed E-state index contributed by atoms with van der Waals surface area (Å²) >= 11 is 0. The summed E-state index contributed by atoms with van der Waals surface area (Å²) in [4.78, 5) is 36.1. The van der Waals surface area contributed by atoms with Crippen LogP contribution in [0.15, 0.2) is 15.8 Å². The summed E-state index contributed by atoms with van der Waals surface area (Å²) in [5.41, 5.74) is -1.92. The van der Waals surface area contributed by atoms with Gasteiger partial charge in [-0.05, 0) is 0 Å². The number of aromatic nitrogens is 2. The van der Waals surface area contributed by atoms with Gasteiger partial charge in [0.05, 0.1) is 191 Å². The van der Waals surface area contributed by atoms with E-state index >= 15 is 0 Å². The number of esters is 1. The maximum absolute atomic E-state index is 13.3. The summed E-state index contributed by atoms with van der Waals surface area (Å²) in [5.74, 6) is -1.70. The van der Waals surface area contributed by atoms with Crippen molar-refractivity contribution in [3.05, 3.63) is 32.9 Å².